The van der Waals surface area contributed by atoms with Crippen molar-refractivity contribution >= 4 is 16.9 Å². The average molecular weight is 201 g/mol. The van der Waals surface area contributed by atoms with Gasteiger partial charge in [0.1, 0.15) is 11.2 Å². The highest BCUT2D eigenvalue weighted by molar-refractivity contribution is 5.90. The lowest BCUT2D eigenvalue weighted by Crippen LogP contribution is -2.29. The Hall–Kier alpha value is -1.84. The Balaban J connectivity index is 2.17. The predicted octanol–water partition coefficient (Wildman–Crippen LogP) is 1.08. The van der Waals surface area contributed by atoms with Crippen LogP contribution in [-0.4, -0.2) is 15.9 Å². The molecule has 15 heavy (non-hydrogen) atoms. The lowest BCUT2D eigenvalue weighted by molar-refractivity contribution is -0.120. The third kappa shape index (κ3) is 1.08. The van der Waals surface area contributed by atoms with Gasteiger partial charge in [0.05, 0.1) is 11.0 Å². The van der Waals surface area contributed by atoms with Crippen molar-refractivity contribution in [3.8, 4) is 0 Å². The lowest BCUT2D eigenvalue weighted by Gasteiger charge is -2.05. The second kappa shape index (κ2) is 2.59. The summed E-state index contributed by atoms with van der Waals surface area (Å²) >= 11 is 0. The van der Waals surface area contributed by atoms with Crippen LogP contribution in [0.15, 0.2) is 24.3 Å². The van der Waals surface area contributed by atoms with Crippen molar-refractivity contribution in [3.05, 3.63) is 30.1 Å². The van der Waals surface area contributed by atoms with Crippen molar-refractivity contribution in [2.75, 3.05) is 0 Å². The number of rotatable bonds is 2. The number of carbonyl (C=O) groups is 1. The van der Waals surface area contributed by atoms with Crippen molar-refractivity contribution < 1.29 is 4.79 Å². The first-order chi connectivity index (χ1) is 7.22. The summed E-state index contributed by atoms with van der Waals surface area (Å²) < 4.78 is 0. The third-order valence-electron chi connectivity index (χ3n) is 3.06. The monoisotopic (exact) mass is 201 g/mol. The number of aromatic nitrogens is 2. The van der Waals surface area contributed by atoms with E-state index in [0.717, 1.165) is 29.7 Å². The fourth-order valence-corrected chi connectivity index (χ4v) is 1.90. The normalized spacial score (nSPS) is 17.9. The van der Waals surface area contributed by atoms with Gasteiger partial charge < -0.3 is 10.7 Å². The zero-order chi connectivity index (χ0) is 10.5. The molecule has 1 amide bonds. The zero-order valence-corrected chi connectivity index (χ0v) is 8.16. The number of benzene rings is 1. The number of para-hydroxylation sites is 2. The smallest absolute Gasteiger partial charge is 0.231 e. The summed E-state index contributed by atoms with van der Waals surface area (Å²) in [5, 5.41) is 0. The number of primary amides is 1. The number of amides is 1. The van der Waals surface area contributed by atoms with Crippen molar-refractivity contribution in [1.82, 2.24) is 9.97 Å². The van der Waals surface area contributed by atoms with Crippen molar-refractivity contribution in [2.24, 2.45) is 5.73 Å². The SMILES string of the molecule is NC(=O)C1(c2nc3ccccc3[nH]2)CC1. The molecule has 1 aromatic carbocycles. The molecule has 0 atom stereocenters. The number of imidazole rings is 1. The van der Waals surface area contributed by atoms with Crippen molar-refractivity contribution in [3.63, 3.8) is 0 Å². The van der Waals surface area contributed by atoms with Gasteiger partial charge in [-0.3, -0.25) is 4.79 Å². The first kappa shape index (κ1) is 8.47. The molecule has 0 radical (unpaired) electrons. The predicted molar refractivity (Wildman–Crippen MR) is 56.2 cm³/mol. The number of carbonyl (C=O) groups excluding carboxylic acids is 1. The van der Waals surface area contributed by atoms with Gasteiger partial charge in [0.15, 0.2) is 0 Å². The molecule has 0 bridgehead atoms. The Morgan fingerprint density at radius 3 is 2.73 bits per heavy atom. The van der Waals surface area contributed by atoms with Crippen LogP contribution in [0.25, 0.3) is 11.0 Å². The highest BCUT2D eigenvalue weighted by Crippen LogP contribution is 2.46. The summed E-state index contributed by atoms with van der Waals surface area (Å²) in [6.07, 6.45) is 1.62. The fraction of sp³-hybridized carbons (Fsp3) is 0.273. The average Bonchev–Trinajstić information content (AvgIpc) is 2.93. The van der Waals surface area contributed by atoms with E-state index in [1.54, 1.807) is 0 Å². The maximum atomic E-state index is 11.3. The Bertz CT molecular complexity index is 507. The van der Waals surface area contributed by atoms with E-state index < -0.39 is 5.41 Å². The second-order valence-electron chi connectivity index (χ2n) is 4.05. The molecule has 1 saturated carbocycles. The van der Waals surface area contributed by atoms with Gasteiger partial charge in [0.25, 0.3) is 0 Å². The van der Waals surface area contributed by atoms with Crippen LogP contribution in [0.5, 0.6) is 0 Å². The van der Waals surface area contributed by atoms with E-state index >= 15 is 0 Å². The Morgan fingerprint density at radius 2 is 2.13 bits per heavy atom. The Morgan fingerprint density at radius 1 is 1.40 bits per heavy atom. The number of H-pyrrole nitrogens is 1. The van der Waals surface area contributed by atoms with Gasteiger partial charge in [-0.05, 0) is 25.0 Å². The zero-order valence-electron chi connectivity index (χ0n) is 8.16. The maximum absolute atomic E-state index is 11.3. The topological polar surface area (TPSA) is 71.8 Å². The molecule has 1 aliphatic carbocycles. The third-order valence-corrected chi connectivity index (χ3v) is 3.06. The minimum Gasteiger partial charge on any atom is -0.369 e. The minimum atomic E-state index is -0.515. The number of nitrogens with one attached hydrogen (secondary N) is 1. The van der Waals surface area contributed by atoms with Crippen molar-refractivity contribution in [1.29, 1.82) is 0 Å². The van der Waals surface area contributed by atoms with Crippen LogP contribution >= 0.6 is 0 Å². The van der Waals surface area contributed by atoms with Gasteiger partial charge in [-0.1, -0.05) is 12.1 Å². The molecule has 0 aliphatic heterocycles. The quantitative estimate of drug-likeness (QED) is 0.763. The van der Waals surface area contributed by atoms with Gasteiger partial charge in [-0.2, -0.15) is 0 Å². The summed E-state index contributed by atoms with van der Waals surface area (Å²) in [5.41, 5.74) is 6.72. The molecule has 1 heterocycles. The number of fused-ring (bicyclic) bond motifs is 1. The molecular formula is C11H11N3O. The Kier molecular flexibility index (Phi) is 1.46. The number of nitrogens with zero attached hydrogens (tertiary/aromatic N) is 1. The largest absolute Gasteiger partial charge is 0.369 e. The van der Waals surface area contributed by atoms with E-state index in [4.69, 9.17) is 5.73 Å². The molecule has 4 heteroatoms. The van der Waals surface area contributed by atoms with Crippen LogP contribution in [-0.2, 0) is 10.2 Å². The molecular weight excluding hydrogens is 190 g/mol. The first-order valence-electron chi connectivity index (χ1n) is 4.97. The van der Waals surface area contributed by atoms with Gasteiger partial charge in [-0.15, -0.1) is 0 Å². The molecule has 1 aromatic heterocycles. The van der Waals surface area contributed by atoms with Crippen LogP contribution in [0, 0.1) is 0 Å². The summed E-state index contributed by atoms with van der Waals surface area (Å²) in [4.78, 5) is 18.9. The minimum absolute atomic E-state index is 0.276. The van der Waals surface area contributed by atoms with E-state index in [9.17, 15) is 4.79 Å². The maximum Gasteiger partial charge on any atom is 0.231 e. The van der Waals surface area contributed by atoms with E-state index in [0.29, 0.717) is 0 Å². The number of hydrogen-bond acceptors (Lipinski definition) is 2. The molecule has 0 unspecified atom stereocenters. The molecule has 1 aliphatic rings. The number of nitrogens with two attached hydrogens (primary N) is 1. The molecule has 3 N–H and O–H groups in total. The molecule has 0 saturated heterocycles. The fourth-order valence-electron chi connectivity index (χ4n) is 1.90. The molecule has 0 spiro atoms. The molecule has 76 valence electrons. The van der Waals surface area contributed by atoms with Gasteiger partial charge in [-0.25, -0.2) is 4.98 Å². The number of hydrogen-bond donors (Lipinski definition) is 2. The van der Waals surface area contributed by atoms with Crippen LogP contribution in [0.2, 0.25) is 0 Å². The second-order valence-corrected chi connectivity index (χ2v) is 4.05. The molecule has 1 fully saturated rings. The number of aromatic amines is 1. The van der Waals surface area contributed by atoms with Gasteiger partial charge in [0, 0.05) is 0 Å². The first-order valence-corrected chi connectivity index (χ1v) is 4.97. The van der Waals surface area contributed by atoms with Gasteiger partial charge >= 0.3 is 0 Å². The highest BCUT2D eigenvalue weighted by atomic mass is 16.1. The molecule has 3 rings (SSSR count). The standard InChI is InChI=1S/C11H11N3O/c12-9(15)11(5-6-11)10-13-7-3-1-2-4-8(7)14-10/h1-4H,5-6H2,(H2,12,15)(H,13,14). The highest BCUT2D eigenvalue weighted by Gasteiger charge is 2.52. The summed E-state index contributed by atoms with van der Waals surface area (Å²) in [6.45, 7) is 0. The van der Waals surface area contributed by atoms with E-state index in [2.05, 4.69) is 9.97 Å². The summed E-state index contributed by atoms with van der Waals surface area (Å²) in [7, 11) is 0. The van der Waals surface area contributed by atoms with Crippen molar-refractivity contribution in [2.45, 2.75) is 18.3 Å². The summed E-state index contributed by atoms with van der Waals surface area (Å²) in [6, 6.07) is 7.74. The van der Waals surface area contributed by atoms with Crippen LogP contribution in [0.3, 0.4) is 0 Å². The molecule has 4 nitrogen and oxygen atoms in total. The van der Waals surface area contributed by atoms with E-state index in [-0.39, 0.29) is 5.91 Å². The van der Waals surface area contributed by atoms with Crippen LogP contribution in [0.4, 0.5) is 0 Å². The van der Waals surface area contributed by atoms with E-state index in [1.807, 2.05) is 24.3 Å². The molecule has 2 aromatic rings. The lowest BCUT2D eigenvalue weighted by atomic mass is 10.1. The van der Waals surface area contributed by atoms with E-state index in [1.165, 1.54) is 0 Å². The Labute approximate surface area is 86.5 Å². The van der Waals surface area contributed by atoms with Gasteiger partial charge in [0.2, 0.25) is 5.91 Å². The summed E-state index contributed by atoms with van der Waals surface area (Å²) in [5.74, 6) is 0.442. The van der Waals surface area contributed by atoms with Crippen LogP contribution < -0.4 is 5.73 Å². The van der Waals surface area contributed by atoms with Crippen LogP contribution in [0.1, 0.15) is 18.7 Å².